The summed E-state index contributed by atoms with van der Waals surface area (Å²) >= 11 is 3.49. The molecule has 7 heteroatoms. The van der Waals surface area contributed by atoms with Crippen LogP contribution in [0, 0.1) is 0 Å². The first-order chi connectivity index (χ1) is 13.5. The summed E-state index contributed by atoms with van der Waals surface area (Å²) in [6, 6.07) is 11.6. The van der Waals surface area contributed by atoms with Gasteiger partial charge in [-0.2, -0.15) is 0 Å². The van der Waals surface area contributed by atoms with Crippen molar-refractivity contribution in [1.82, 2.24) is 9.88 Å². The van der Waals surface area contributed by atoms with E-state index in [0.717, 1.165) is 22.1 Å². The molecule has 0 fully saturated rings. The second kappa shape index (κ2) is 7.39. The van der Waals surface area contributed by atoms with Gasteiger partial charge in [0, 0.05) is 39.7 Å². The number of fused-ring (bicyclic) bond motifs is 3. The minimum Gasteiger partial charge on any atom is -0.493 e. The Morgan fingerprint density at radius 1 is 1.21 bits per heavy atom. The highest BCUT2D eigenvalue weighted by Crippen LogP contribution is 2.38. The van der Waals surface area contributed by atoms with Crippen LogP contribution in [0.4, 0.5) is 10.5 Å². The normalized spacial score (nSPS) is 16.0. The number of halogens is 1. The summed E-state index contributed by atoms with van der Waals surface area (Å²) in [5, 5.41) is 4.23. The fourth-order valence-electron chi connectivity index (χ4n) is 3.84. The zero-order valence-corrected chi connectivity index (χ0v) is 17.6. The lowest BCUT2D eigenvalue weighted by Crippen LogP contribution is -2.41. The minimum absolute atomic E-state index is 0.0462. The largest absolute Gasteiger partial charge is 0.493 e. The van der Waals surface area contributed by atoms with Crippen LogP contribution < -0.4 is 14.8 Å². The van der Waals surface area contributed by atoms with Crippen molar-refractivity contribution in [3.63, 3.8) is 0 Å². The molecule has 146 valence electrons. The number of aromatic amines is 1. The van der Waals surface area contributed by atoms with Gasteiger partial charge in [0.2, 0.25) is 0 Å². The minimum atomic E-state index is -0.148. The zero-order chi connectivity index (χ0) is 19.8. The lowest BCUT2D eigenvalue weighted by Gasteiger charge is -2.33. The molecule has 2 N–H and O–H groups in total. The van der Waals surface area contributed by atoms with E-state index in [9.17, 15) is 4.79 Å². The summed E-state index contributed by atoms with van der Waals surface area (Å²) < 4.78 is 11.4. The van der Waals surface area contributed by atoms with Crippen molar-refractivity contribution in [2.24, 2.45) is 0 Å². The Bertz CT molecular complexity index is 1050. The van der Waals surface area contributed by atoms with Crippen LogP contribution in [0.3, 0.4) is 0 Å². The Morgan fingerprint density at radius 2 is 1.93 bits per heavy atom. The van der Waals surface area contributed by atoms with Crippen LogP contribution in [0.25, 0.3) is 10.9 Å². The van der Waals surface area contributed by atoms with Gasteiger partial charge in [0.05, 0.1) is 25.9 Å². The predicted octanol–water partition coefficient (Wildman–Crippen LogP) is 5.10. The molecule has 4 rings (SSSR count). The number of ether oxygens (including phenoxy) is 2. The number of aromatic nitrogens is 1. The van der Waals surface area contributed by atoms with E-state index < -0.39 is 0 Å². The Hall–Kier alpha value is -2.67. The molecule has 1 aromatic heterocycles. The van der Waals surface area contributed by atoms with E-state index in [2.05, 4.69) is 51.4 Å². The molecular formula is C21H22BrN3O3. The zero-order valence-electron chi connectivity index (χ0n) is 16.0. The molecule has 0 bridgehead atoms. The molecule has 3 aromatic rings. The first-order valence-electron chi connectivity index (χ1n) is 9.12. The van der Waals surface area contributed by atoms with Gasteiger partial charge in [0.1, 0.15) is 0 Å². The number of amides is 2. The van der Waals surface area contributed by atoms with Gasteiger partial charge in [0.25, 0.3) is 0 Å². The van der Waals surface area contributed by atoms with Crippen molar-refractivity contribution in [2.45, 2.75) is 19.4 Å². The third kappa shape index (κ3) is 3.09. The number of benzene rings is 2. The number of para-hydroxylation sites is 1. The van der Waals surface area contributed by atoms with Crippen molar-refractivity contribution in [1.29, 1.82) is 0 Å². The number of nitrogens with one attached hydrogen (secondary N) is 2. The molecule has 0 saturated heterocycles. The van der Waals surface area contributed by atoms with Gasteiger partial charge in [-0.3, -0.25) is 0 Å². The second-order valence-electron chi connectivity index (χ2n) is 6.80. The van der Waals surface area contributed by atoms with Gasteiger partial charge >= 0.3 is 6.03 Å². The highest BCUT2D eigenvalue weighted by atomic mass is 79.9. The number of methoxy groups -OCH3 is 2. The summed E-state index contributed by atoms with van der Waals surface area (Å²) in [7, 11) is 3.15. The number of hydrogen-bond donors (Lipinski definition) is 2. The second-order valence-corrected chi connectivity index (χ2v) is 7.65. The van der Waals surface area contributed by atoms with Crippen LogP contribution in [0.5, 0.6) is 11.5 Å². The van der Waals surface area contributed by atoms with Gasteiger partial charge < -0.3 is 24.7 Å². The molecule has 6 nitrogen and oxygen atoms in total. The van der Waals surface area contributed by atoms with Crippen LogP contribution in [-0.2, 0) is 6.42 Å². The first kappa shape index (κ1) is 18.7. The molecule has 0 aliphatic carbocycles. The molecule has 0 radical (unpaired) electrons. The summed E-state index contributed by atoms with van der Waals surface area (Å²) in [4.78, 5) is 18.4. The summed E-state index contributed by atoms with van der Waals surface area (Å²) in [5.74, 6) is 1.16. The molecule has 1 atom stereocenters. The molecule has 28 heavy (non-hydrogen) atoms. The number of H-pyrrole nitrogens is 1. The molecule has 0 saturated carbocycles. The molecule has 0 spiro atoms. The number of anilines is 1. The molecule has 2 heterocycles. The van der Waals surface area contributed by atoms with Gasteiger partial charge in [-0.15, -0.1) is 0 Å². The van der Waals surface area contributed by atoms with E-state index in [0.29, 0.717) is 23.7 Å². The van der Waals surface area contributed by atoms with Crippen molar-refractivity contribution >= 4 is 38.6 Å². The van der Waals surface area contributed by atoms with Gasteiger partial charge in [-0.1, -0.05) is 18.2 Å². The monoisotopic (exact) mass is 443 g/mol. The molecular weight excluding hydrogens is 422 g/mol. The molecule has 1 aliphatic rings. The maximum absolute atomic E-state index is 13.0. The third-order valence-corrected chi connectivity index (χ3v) is 5.97. The van der Waals surface area contributed by atoms with E-state index in [-0.39, 0.29) is 12.1 Å². The number of rotatable bonds is 3. The van der Waals surface area contributed by atoms with E-state index in [1.165, 1.54) is 10.9 Å². The Kier molecular flexibility index (Phi) is 4.93. The van der Waals surface area contributed by atoms with Crippen LogP contribution >= 0.6 is 15.9 Å². The molecule has 2 aromatic carbocycles. The van der Waals surface area contributed by atoms with Gasteiger partial charge in [0.15, 0.2) is 11.5 Å². The van der Waals surface area contributed by atoms with Gasteiger partial charge in [-0.25, -0.2) is 4.79 Å². The Morgan fingerprint density at radius 3 is 2.68 bits per heavy atom. The number of urea groups is 1. The lowest BCUT2D eigenvalue weighted by molar-refractivity contribution is 0.187. The average Bonchev–Trinajstić information content (AvgIpc) is 3.09. The maximum atomic E-state index is 13.0. The summed E-state index contributed by atoms with van der Waals surface area (Å²) in [6.07, 6.45) is 0.824. The smallest absolute Gasteiger partial charge is 0.322 e. The van der Waals surface area contributed by atoms with Crippen molar-refractivity contribution < 1.29 is 14.3 Å². The Balaban J connectivity index is 1.59. The number of carbonyl (C=O) groups excluding carboxylic acids is 1. The first-order valence-corrected chi connectivity index (χ1v) is 9.91. The van der Waals surface area contributed by atoms with E-state index in [1.54, 1.807) is 26.4 Å². The van der Waals surface area contributed by atoms with Crippen molar-refractivity contribution in [3.8, 4) is 11.5 Å². The number of hydrogen-bond acceptors (Lipinski definition) is 3. The lowest BCUT2D eigenvalue weighted by atomic mass is 9.98. The van der Waals surface area contributed by atoms with E-state index >= 15 is 0 Å². The number of nitrogens with zero attached hydrogens (tertiary/aromatic N) is 1. The number of carbonyl (C=O) groups is 1. The third-order valence-electron chi connectivity index (χ3n) is 5.31. The highest BCUT2D eigenvalue weighted by molar-refractivity contribution is 9.10. The van der Waals surface area contributed by atoms with Crippen LogP contribution in [0.2, 0.25) is 0 Å². The van der Waals surface area contributed by atoms with E-state index in [4.69, 9.17) is 9.47 Å². The van der Waals surface area contributed by atoms with Crippen molar-refractivity contribution in [3.05, 3.63) is 52.1 Å². The van der Waals surface area contributed by atoms with Crippen LogP contribution in [-0.4, -0.2) is 36.7 Å². The molecule has 1 aliphatic heterocycles. The summed E-state index contributed by atoms with van der Waals surface area (Å²) in [6.45, 7) is 2.71. The van der Waals surface area contributed by atoms with Gasteiger partial charge in [-0.05, 0) is 40.9 Å². The molecule has 2 amide bonds. The highest BCUT2D eigenvalue weighted by Gasteiger charge is 2.30. The fraction of sp³-hybridized carbons (Fsp3) is 0.286. The SMILES string of the molecule is COc1cc(Br)c(NC(=O)N2CCc3c([nH]c4ccccc34)[C@H]2C)cc1OC. The quantitative estimate of drug-likeness (QED) is 0.591. The molecule has 0 unspecified atom stereocenters. The summed E-state index contributed by atoms with van der Waals surface area (Å²) in [5.41, 5.74) is 4.16. The standard InChI is InChI=1S/C21H22BrN3O3/c1-12-20-14(13-6-4-5-7-16(13)23-20)8-9-25(12)21(26)24-17-11-19(28-3)18(27-2)10-15(17)22/h4-7,10-12,23H,8-9H2,1-3H3,(H,24,26)/t12-/m1/s1. The fourth-order valence-corrected chi connectivity index (χ4v) is 4.26. The Labute approximate surface area is 171 Å². The van der Waals surface area contributed by atoms with Crippen molar-refractivity contribution in [2.75, 3.05) is 26.1 Å². The van der Waals surface area contributed by atoms with Crippen LogP contribution in [0.15, 0.2) is 40.9 Å². The van der Waals surface area contributed by atoms with E-state index in [1.807, 2.05) is 11.0 Å². The maximum Gasteiger partial charge on any atom is 0.322 e. The predicted molar refractivity (Wildman–Crippen MR) is 113 cm³/mol. The van der Waals surface area contributed by atoms with Crippen LogP contribution in [0.1, 0.15) is 24.2 Å². The topological polar surface area (TPSA) is 66.6 Å². The average molecular weight is 444 g/mol.